The fourth-order valence-electron chi connectivity index (χ4n) is 2.86. The molecule has 1 atom stereocenters. The highest BCUT2D eigenvalue weighted by Gasteiger charge is 2.21. The second-order valence-corrected chi connectivity index (χ2v) is 5.77. The number of hydrogen-bond acceptors (Lipinski definition) is 3. The lowest BCUT2D eigenvalue weighted by Gasteiger charge is -2.32. The zero-order chi connectivity index (χ0) is 15.9. The summed E-state index contributed by atoms with van der Waals surface area (Å²) < 4.78 is 0. The van der Waals surface area contributed by atoms with Gasteiger partial charge in [-0.1, -0.05) is 36.9 Å². The minimum absolute atomic E-state index is 0.361. The third kappa shape index (κ3) is 4.70. The van der Waals surface area contributed by atoms with Crippen LogP contribution in [0.15, 0.2) is 30.8 Å². The van der Waals surface area contributed by atoms with Crippen LogP contribution in [0.2, 0.25) is 0 Å². The molecule has 3 N–H and O–H groups in total. The van der Waals surface area contributed by atoms with Gasteiger partial charge in [-0.25, -0.2) is 0 Å². The smallest absolute Gasteiger partial charge is 0.309 e. The predicted molar refractivity (Wildman–Crippen MR) is 86.7 cm³/mol. The number of benzene rings is 1. The number of hydrogen-bond donors (Lipinski definition) is 2. The third-order valence-corrected chi connectivity index (χ3v) is 3.97. The first-order valence-corrected chi connectivity index (χ1v) is 7.60. The summed E-state index contributed by atoms with van der Waals surface area (Å²) in [6, 6.07) is 8.34. The maximum Gasteiger partial charge on any atom is 0.309 e. The Labute approximate surface area is 131 Å². The molecular formula is C17H23N3O2. The number of nitrogens with two attached hydrogens (primary N) is 1. The van der Waals surface area contributed by atoms with Crippen LogP contribution in [-0.2, 0) is 16.1 Å². The molecule has 1 aromatic carbocycles. The molecule has 0 radical (unpaired) electrons. The van der Waals surface area contributed by atoms with Crippen molar-refractivity contribution < 1.29 is 9.59 Å². The Kier molecular flexibility index (Phi) is 5.72. The van der Waals surface area contributed by atoms with Gasteiger partial charge in [-0.05, 0) is 36.4 Å². The first-order valence-electron chi connectivity index (χ1n) is 7.60. The van der Waals surface area contributed by atoms with Crippen LogP contribution in [0.5, 0.6) is 0 Å². The fourth-order valence-corrected chi connectivity index (χ4v) is 2.86. The maximum atomic E-state index is 11.2. The first kappa shape index (κ1) is 16.2. The van der Waals surface area contributed by atoms with Crippen LogP contribution in [0.1, 0.15) is 24.0 Å². The van der Waals surface area contributed by atoms with Gasteiger partial charge in [0.15, 0.2) is 0 Å². The van der Waals surface area contributed by atoms with Gasteiger partial charge >= 0.3 is 11.8 Å². The van der Waals surface area contributed by atoms with Crippen molar-refractivity contribution in [3.8, 4) is 0 Å². The van der Waals surface area contributed by atoms with E-state index in [0.29, 0.717) is 12.5 Å². The molecule has 0 saturated carbocycles. The Morgan fingerprint density at radius 3 is 3.00 bits per heavy atom. The van der Waals surface area contributed by atoms with Gasteiger partial charge < -0.3 is 11.1 Å². The molecular weight excluding hydrogens is 278 g/mol. The standard InChI is InChI=1S/C17H23N3O2/c1-2-13-5-3-6-14(9-13)11-20-8-4-7-15(12-20)10-19-17(22)16(18)21/h2-3,5-6,9,15H,1,4,7-8,10-12H2,(H2,18,21)(H,19,22)/t15-/m0/s1. The minimum Gasteiger partial charge on any atom is -0.361 e. The van der Waals surface area contributed by atoms with E-state index < -0.39 is 11.8 Å². The molecule has 1 aliphatic rings. The summed E-state index contributed by atoms with van der Waals surface area (Å²) in [4.78, 5) is 24.3. The molecule has 22 heavy (non-hydrogen) atoms. The lowest BCUT2D eigenvalue weighted by Crippen LogP contribution is -2.43. The van der Waals surface area contributed by atoms with Crippen LogP contribution < -0.4 is 11.1 Å². The summed E-state index contributed by atoms with van der Waals surface area (Å²) in [7, 11) is 0. The number of piperidine rings is 1. The normalized spacial score (nSPS) is 18.6. The number of carbonyl (C=O) groups is 2. The number of likely N-dealkylation sites (tertiary alicyclic amines) is 1. The molecule has 0 unspecified atom stereocenters. The highest BCUT2D eigenvalue weighted by Crippen LogP contribution is 2.18. The second kappa shape index (κ2) is 7.75. The SMILES string of the molecule is C=Cc1cccc(CN2CCC[C@@H](CNC(=O)C(N)=O)C2)c1. The molecule has 0 bridgehead atoms. The maximum absolute atomic E-state index is 11.2. The molecule has 1 saturated heterocycles. The number of nitrogens with one attached hydrogen (secondary N) is 1. The average Bonchev–Trinajstić information content (AvgIpc) is 2.53. The van der Waals surface area contributed by atoms with Gasteiger partial charge in [0, 0.05) is 19.6 Å². The van der Waals surface area contributed by atoms with E-state index in [0.717, 1.165) is 38.0 Å². The van der Waals surface area contributed by atoms with Gasteiger partial charge in [0.1, 0.15) is 0 Å². The van der Waals surface area contributed by atoms with E-state index in [4.69, 9.17) is 5.73 Å². The van der Waals surface area contributed by atoms with Gasteiger partial charge in [-0.3, -0.25) is 14.5 Å². The molecule has 118 valence electrons. The number of carbonyl (C=O) groups excluding carboxylic acids is 2. The van der Waals surface area contributed by atoms with Crippen molar-refractivity contribution >= 4 is 17.9 Å². The monoisotopic (exact) mass is 301 g/mol. The van der Waals surface area contributed by atoms with E-state index in [1.165, 1.54) is 5.56 Å². The highest BCUT2D eigenvalue weighted by atomic mass is 16.2. The highest BCUT2D eigenvalue weighted by molar-refractivity contribution is 6.34. The molecule has 1 aliphatic heterocycles. The quantitative estimate of drug-likeness (QED) is 0.801. The second-order valence-electron chi connectivity index (χ2n) is 5.77. The van der Waals surface area contributed by atoms with Crippen molar-refractivity contribution in [2.24, 2.45) is 11.7 Å². The molecule has 0 spiro atoms. The largest absolute Gasteiger partial charge is 0.361 e. The van der Waals surface area contributed by atoms with E-state index >= 15 is 0 Å². The van der Waals surface area contributed by atoms with Crippen molar-refractivity contribution in [3.05, 3.63) is 42.0 Å². The first-order chi connectivity index (χ1) is 10.6. The summed E-state index contributed by atoms with van der Waals surface area (Å²) >= 11 is 0. The molecule has 0 aliphatic carbocycles. The van der Waals surface area contributed by atoms with Gasteiger partial charge in [0.25, 0.3) is 0 Å². The minimum atomic E-state index is -0.922. The van der Waals surface area contributed by atoms with Crippen molar-refractivity contribution in [1.29, 1.82) is 0 Å². The lowest BCUT2D eigenvalue weighted by molar-refractivity contribution is -0.137. The number of nitrogens with zero attached hydrogens (tertiary/aromatic N) is 1. The molecule has 1 aromatic rings. The van der Waals surface area contributed by atoms with Gasteiger partial charge in [-0.15, -0.1) is 0 Å². The molecule has 5 nitrogen and oxygen atoms in total. The zero-order valence-corrected chi connectivity index (χ0v) is 12.8. The van der Waals surface area contributed by atoms with Gasteiger partial charge in [0.2, 0.25) is 0 Å². The van der Waals surface area contributed by atoms with Crippen molar-refractivity contribution in [1.82, 2.24) is 10.2 Å². The Hall–Kier alpha value is -2.14. The topological polar surface area (TPSA) is 75.4 Å². The van der Waals surface area contributed by atoms with Crippen molar-refractivity contribution in [2.75, 3.05) is 19.6 Å². The Balaban J connectivity index is 1.86. The molecule has 5 heteroatoms. The Morgan fingerprint density at radius 1 is 1.45 bits per heavy atom. The molecule has 1 fully saturated rings. The van der Waals surface area contributed by atoms with E-state index in [1.807, 2.05) is 18.2 Å². The van der Waals surface area contributed by atoms with E-state index in [9.17, 15) is 9.59 Å². The lowest BCUT2D eigenvalue weighted by atomic mass is 9.97. The number of primary amides is 1. The molecule has 2 rings (SSSR count). The van der Waals surface area contributed by atoms with Crippen LogP contribution in [0.3, 0.4) is 0 Å². The third-order valence-electron chi connectivity index (χ3n) is 3.97. The summed E-state index contributed by atoms with van der Waals surface area (Å²) in [6.07, 6.45) is 4.00. The fraction of sp³-hybridized carbons (Fsp3) is 0.412. The molecule has 1 heterocycles. The van der Waals surface area contributed by atoms with E-state index in [1.54, 1.807) is 0 Å². The summed E-state index contributed by atoms with van der Waals surface area (Å²) in [5, 5.41) is 2.60. The summed E-state index contributed by atoms with van der Waals surface area (Å²) in [5.74, 6) is -1.26. The van der Waals surface area contributed by atoms with Crippen LogP contribution in [0.25, 0.3) is 6.08 Å². The Morgan fingerprint density at radius 2 is 2.27 bits per heavy atom. The van der Waals surface area contributed by atoms with Gasteiger partial charge in [-0.2, -0.15) is 0 Å². The van der Waals surface area contributed by atoms with Crippen molar-refractivity contribution in [3.63, 3.8) is 0 Å². The number of rotatable bonds is 5. The van der Waals surface area contributed by atoms with Crippen LogP contribution in [-0.4, -0.2) is 36.3 Å². The summed E-state index contributed by atoms with van der Waals surface area (Å²) in [5.41, 5.74) is 7.33. The van der Waals surface area contributed by atoms with Crippen LogP contribution in [0, 0.1) is 5.92 Å². The molecule has 2 amide bonds. The van der Waals surface area contributed by atoms with Crippen molar-refractivity contribution in [2.45, 2.75) is 19.4 Å². The van der Waals surface area contributed by atoms with Gasteiger partial charge in [0.05, 0.1) is 0 Å². The molecule has 0 aromatic heterocycles. The predicted octanol–water partition coefficient (Wildman–Crippen LogP) is 1.14. The van der Waals surface area contributed by atoms with Crippen LogP contribution in [0.4, 0.5) is 0 Å². The zero-order valence-electron chi connectivity index (χ0n) is 12.8. The van der Waals surface area contributed by atoms with E-state index in [2.05, 4.69) is 28.9 Å². The van der Waals surface area contributed by atoms with Crippen LogP contribution >= 0.6 is 0 Å². The average molecular weight is 301 g/mol. The number of amides is 2. The summed E-state index contributed by atoms with van der Waals surface area (Å²) in [6.45, 7) is 7.16. The Bertz CT molecular complexity index is 557. The van der Waals surface area contributed by atoms with E-state index in [-0.39, 0.29) is 0 Å².